The molecule has 0 fully saturated rings. The standard InChI is InChI=1S/C13H17N3O3/c1-2-3-6-14-11-8-10-9(4-5-13(17)15-10)7-12(11)16(18)19/h7-8,14H,2-6H2,1H3,(H,15,17). The Hall–Kier alpha value is -2.11. The zero-order valence-electron chi connectivity index (χ0n) is 10.9. The number of nitro groups is 1. The van der Waals surface area contributed by atoms with Crippen LogP contribution in [0.4, 0.5) is 17.1 Å². The molecular weight excluding hydrogens is 246 g/mol. The highest BCUT2D eigenvalue weighted by Gasteiger charge is 2.22. The van der Waals surface area contributed by atoms with E-state index in [9.17, 15) is 14.9 Å². The van der Waals surface area contributed by atoms with E-state index >= 15 is 0 Å². The molecule has 0 saturated carbocycles. The second-order valence-corrected chi connectivity index (χ2v) is 4.61. The van der Waals surface area contributed by atoms with Crippen molar-refractivity contribution in [3.63, 3.8) is 0 Å². The Morgan fingerprint density at radius 1 is 1.42 bits per heavy atom. The van der Waals surface area contributed by atoms with Crippen LogP contribution in [0.1, 0.15) is 31.7 Å². The van der Waals surface area contributed by atoms with Crippen LogP contribution in [0.2, 0.25) is 0 Å². The molecular formula is C13H17N3O3. The third kappa shape index (κ3) is 3.01. The summed E-state index contributed by atoms with van der Waals surface area (Å²) in [6.45, 7) is 2.74. The monoisotopic (exact) mass is 263 g/mol. The normalized spacial score (nSPS) is 13.6. The lowest BCUT2D eigenvalue weighted by molar-refractivity contribution is -0.384. The van der Waals surface area contributed by atoms with Gasteiger partial charge in [0.15, 0.2) is 0 Å². The smallest absolute Gasteiger partial charge is 0.292 e. The van der Waals surface area contributed by atoms with Crippen LogP contribution in [0.3, 0.4) is 0 Å². The van der Waals surface area contributed by atoms with E-state index in [0.29, 0.717) is 30.8 Å². The maximum Gasteiger partial charge on any atom is 0.292 e. The first kappa shape index (κ1) is 13.3. The van der Waals surface area contributed by atoms with Gasteiger partial charge in [-0.1, -0.05) is 13.3 Å². The molecule has 0 unspecified atom stereocenters. The fourth-order valence-corrected chi connectivity index (χ4v) is 2.11. The van der Waals surface area contributed by atoms with Gasteiger partial charge in [0.1, 0.15) is 5.69 Å². The molecule has 1 aromatic rings. The predicted octanol–water partition coefficient (Wildman–Crippen LogP) is 2.69. The zero-order valence-corrected chi connectivity index (χ0v) is 10.9. The van der Waals surface area contributed by atoms with Crippen molar-refractivity contribution in [2.75, 3.05) is 17.2 Å². The van der Waals surface area contributed by atoms with Crippen LogP contribution in [0, 0.1) is 10.1 Å². The number of aryl methyl sites for hydroxylation is 1. The van der Waals surface area contributed by atoms with Crippen LogP contribution in [0.25, 0.3) is 0 Å². The number of unbranched alkanes of at least 4 members (excludes halogenated alkanes) is 1. The van der Waals surface area contributed by atoms with Crippen molar-refractivity contribution in [2.45, 2.75) is 32.6 Å². The van der Waals surface area contributed by atoms with Crippen LogP contribution >= 0.6 is 0 Å². The topological polar surface area (TPSA) is 84.3 Å². The minimum Gasteiger partial charge on any atom is -0.379 e. The molecule has 19 heavy (non-hydrogen) atoms. The van der Waals surface area contributed by atoms with E-state index in [-0.39, 0.29) is 16.5 Å². The van der Waals surface area contributed by atoms with E-state index in [1.807, 2.05) is 0 Å². The molecule has 6 heteroatoms. The van der Waals surface area contributed by atoms with Crippen molar-refractivity contribution in [3.05, 3.63) is 27.8 Å². The Bertz CT molecular complexity index is 514. The van der Waals surface area contributed by atoms with Gasteiger partial charge in [0.05, 0.1) is 4.92 Å². The number of rotatable bonds is 5. The van der Waals surface area contributed by atoms with Gasteiger partial charge in [0.2, 0.25) is 5.91 Å². The zero-order chi connectivity index (χ0) is 13.8. The summed E-state index contributed by atoms with van der Waals surface area (Å²) < 4.78 is 0. The van der Waals surface area contributed by atoms with Gasteiger partial charge in [-0.25, -0.2) is 0 Å². The number of hydrogen-bond acceptors (Lipinski definition) is 4. The van der Waals surface area contributed by atoms with Crippen molar-refractivity contribution < 1.29 is 9.72 Å². The minimum atomic E-state index is -0.384. The molecule has 1 heterocycles. The van der Waals surface area contributed by atoms with Crippen LogP contribution < -0.4 is 10.6 Å². The summed E-state index contributed by atoms with van der Waals surface area (Å²) in [5, 5.41) is 16.9. The molecule has 2 N–H and O–H groups in total. The Morgan fingerprint density at radius 3 is 2.89 bits per heavy atom. The Kier molecular flexibility index (Phi) is 3.99. The second-order valence-electron chi connectivity index (χ2n) is 4.61. The molecule has 1 aliphatic heterocycles. The van der Waals surface area contributed by atoms with Crippen molar-refractivity contribution in [2.24, 2.45) is 0 Å². The van der Waals surface area contributed by atoms with Gasteiger partial charge in [0.25, 0.3) is 5.69 Å². The lowest BCUT2D eigenvalue weighted by atomic mass is 10.0. The van der Waals surface area contributed by atoms with Crippen LogP contribution in [0.15, 0.2) is 12.1 Å². The van der Waals surface area contributed by atoms with Crippen LogP contribution in [0.5, 0.6) is 0 Å². The van der Waals surface area contributed by atoms with E-state index in [1.54, 1.807) is 12.1 Å². The molecule has 0 saturated heterocycles. The number of nitrogens with zero attached hydrogens (tertiary/aromatic N) is 1. The fraction of sp³-hybridized carbons (Fsp3) is 0.462. The number of anilines is 2. The van der Waals surface area contributed by atoms with Crippen molar-refractivity contribution in [3.8, 4) is 0 Å². The summed E-state index contributed by atoms with van der Waals surface area (Å²) >= 11 is 0. The SMILES string of the molecule is CCCCNc1cc2c(cc1[N+](=O)[O-])CCC(=O)N2. The number of carbonyl (C=O) groups excluding carboxylic acids is 1. The number of nitrogens with one attached hydrogen (secondary N) is 2. The van der Waals surface area contributed by atoms with Crippen LogP contribution in [-0.4, -0.2) is 17.4 Å². The number of carbonyl (C=O) groups is 1. The third-order valence-corrected chi connectivity index (χ3v) is 3.16. The first-order chi connectivity index (χ1) is 9.11. The quantitative estimate of drug-likeness (QED) is 0.486. The maximum absolute atomic E-state index is 11.4. The number of nitro benzene ring substituents is 1. The molecule has 0 spiro atoms. The summed E-state index contributed by atoms with van der Waals surface area (Å²) in [7, 11) is 0. The average Bonchev–Trinajstić information content (AvgIpc) is 2.37. The number of fused-ring (bicyclic) bond motifs is 1. The first-order valence-corrected chi connectivity index (χ1v) is 6.47. The molecule has 0 aromatic heterocycles. The van der Waals surface area contributed by atoms with Gasteiger partial charge in [-0.05, 0) is 24.5 Å². The van der Waals surface area contributed by atoms with Gasteiger partial charge in [-0.2, -0.15) is 0 Å². The molecule has 1 aromatic carbocycles. The maximum atomic E-state index is 11.4. The number of hydrogen-bond donors (Lipinski definition) is 2. The molecule has 0 radical (unpaired) electrons. The van der Waals surface area contributed by atoms with Gasteiger partial charge in [0, 0.05) is 24.7 Å². The molecule has 6 nitrogen and oxygen atoms in total. The minimum absolute atomic E-state index is 0.0409. The van der Waals surface area contributed by atoms with E-state index in [4.69, 9.17) is 0 Å². The highest BCUT2D eigenvalue weighted by Crippen LogP contribution is 2.34. The molecule has 0 atom stereocenters. The van der Waals surface area contributed by atoms with E-state index in [2.05, 4.69) is 17.6 Å². The predicted molar refractivity (Wildman–Crippen MR) is 73.4 cm³/mol. The lowest BCUT2D eigenvalue weighted by Crippen LogP contribution is -2.19. The van der Waals surface area contributed by atoms with E-state index < -0.39 is 0 Å². The Balaban J connectivity index is 2.31. The number of amides is 1. The fourth-order valence-electron chi connectivity index (χ4n) is 2.11. The van der Waals surface area contributed by atoms with E-state index in [0.717, 1.165) is 18.4 Å². The summed E-state index contributed by atoms with van der Waals surface area (Å²) in [5.41, 5.74) is 2.05. The molecule has 0 aliphatic carbocycles. The molecule has 1 aliphatic rings. The third-order valence-electron chi connectivity index (χ3n) is 3.16. The summed E-state index contributed by atoms with van der Waals surface area (Å²) in [4.78, 5) is 22.0. The molecule has 102 valence electrons. The Labute approximate surface area is 111 Å². The van der Waals surface area contributed by atoms with Gasteiger partial charge < -0.3 is 10.6 Å². The highest BCUT2D eigenvalue weighted by molar-refractivity contribution is 5.95. The van der Waals surface area contributed by atoms with Crippen molar-refractivity contribution in [1.29, 1.82) is 0 Å². The van der Waals surface area contributed by atoms with E-state index in [1.165, 1.54) is 0 Å². The van der Waals surface area contributed by atoms with Crippen molar-refractivity contribution in [1.82, 2.24) is 0 Å². The summed E-state index contributed by atoms with van der Waals surface area (Å²) in [6.07, 6.45) is 2.90. The Morgan fingerprint density at radius 2 is 2.21 bits per heavy atom. The average molecular weight is 263 g/mol. The van der Waals surface area contributed by atoms with Gasteiger partial charge >= 0.3 is 0 Å². The van der Waals surface area contributed by atoms with Crippen molar-refractivity contribution >= 4 is 23.0 Å². The second kappa shape index (κ2) is 5.69. The number of benzene rings is 1. The molecule has 0 bridgehead atoms. The van der Waals surface area contributed by atoms with Gasteiger partial charge in [-0.3, -0.25) is 14.9 Å². The van der Waals surface area contributed by atoms with Crippen LogP contribution in [-0.2, 0) is 11.2 Å². The summed E-state index contributed by atoms with van der Waals surface area (Å²) in [5.74, 6) is -0.0409. The first-order valence-electron chi connectivity index (χ1n) is 6.47. The van der Waals surface area contributed by atoms with Gasteiger partial charge in [-0.15, -0.1) is 0 Å². The lowest BCUT2D eigenvalue weighted by Gasteiger charge is -2.18. The highest BCUT2D eigenvalue weighted by atomic mass is 16.6. The summed E-state index contributed by atoms with van der Waals surface area (Å²) in [6, 6.07) is 3.23. The molecule has 1 amide bonds. The largest absolute Gasteiger partial charge is 0.379 e. The molecule has 2 rings (SSSR count).